The van der Waals surface area contributed by atoms with Crippen molar-refractivity contribution in [3.8, 4) is 0 Å². The number of hydrogen-bond donors (Lipinski definition) is 1. The highest BCUT2D eigenvalue weighted by Gasteiger charge is 2.04. The second-order valence-electron chi connectivity index (χ2n) is 3.27. The average molecular weight is 222 g/mol. The first-order chi connectivity index (χ1) is 7.27. The molecule has 2 rings (SSSR count). The van der Waals surface area contributed by atoms with Crippen LogP contribution in [0.1, 0.15) is 11.3 Å². The first kappa shape index (κ1) is 10.1. The lowest BCUT2D eigenvalue weighted by molar-refractivity contribution is 0.629. The standard InChI is InChI=1S/C11H11FN2S/c1-8-3-2-4-10(12)11(8)13-5-9-6-15-7-14-9/h2-4,6-7,13H,5H2,1H3. The van der Waals surface area contributed by atoms with E-state index in [-0.39, 0.29) is 5.82 Å². The van der Waals surface area contributed by atoms with E-state index in [1.165, 1.54) is 17.4 Å². The van der Waals surface area contributed by atoms with E-state index >= 15 is 0 Å². The summed E-state index contributed by atoms with van der Waals surface area (Å²) in [6.45, 7) is 2.44. The topological polar surface area (TPSA) is 24.9 Å². The molecule has 0 atom stereocenters. The lowest BCUT2D eigenvalue weighted by Gasteiger charge is -2.08. The Morgan fingerprint density at radius 1 is 1.47 bits per heavy atom. The fourth-order valence-electron chi connectivity index (χ4n) is 1.36. The smallest absolute Gasteiger partial charge is 0.146 e. The number of nitrogens with zero attached hydrogens (tertiary/aromatic N) is 1. The first-order valence-corrected chi connectivity index (χ1v) is 5.57. The lowest BCUT2D eigenvalue weighted by atomic mass is 10.2. The number of rotatable bonds is 3. The van der Waals surface area contributed by atoms with Crippen LogP contribution in [0.2, 0.25) is 0 Å². The molecule has 0 fully saturated rings. The predicted molar refractivity (Wildman–Crippen MR) is 60.6 cm³/mol. The molecule has 1 aromatic heterocycles. The number of anilines is 1. The minimum absolute atomic E-state index is 0.217. The number of thiazole rings is 1. The van der Waals surface area contributed by atoms with Gasteiger partial charge in [-0.05, 0) is 18.6 Å². The van der Waals surface area contributed by atoms with Gasteiger partial charge in [0.1, 0.15) is 5.82 Å². The Balaban J connectivity index is 2.11. The Morgan fingerprint density at radius 2 is 2.33 bits per heavy atom. The summed E-state index contributed by atoms with van der Waals surface area (Å²) in [5.74, 6) is -0.217. The van der Waals surface area contributed by atoms with Crippen LogP contribution in [0.5, 0.6) is 0 Å². The van der Waals surface area contributed by atoms with Gasteiger partial charge in [0, 0.05) is 5.38 Å². The number of aromatic nitrogens is 1. The molecule has 4 heteroatoms. The predicted octanol–water partition coefficient (Wildman–Crippen LogP) is 3.20. The van der Waals surface area contributed by atoms with Crippen molar-refractivity contribution in [3.63, 3.8) is 0 Å². The van der Waals surface area contributed by atoms with E-state index in [4.69, 9.17) is 0 Å². The number of para-hydroxylation sites is 1. The van der Waals surface area contributed by atoms with Gasteiger partial charge in [-0.3, -0.25) is 0 Å². The van der Waals surface area contributed by atoms with E-state index in [0.29, 0.717) is 12.2 Å². The molecule has 0 saturated heterocycles. The minimum Gasteiger partial charge on any atom is -0.377 e. The molecule has 0 saturated carbocycles. The van der Waals surface area contributed by atoms with Crippen molar-refractivity contribution < 1.29 is 4.39 Å². The maximum absolute atomic E-state index is 13.4. The van der Waals surface area contributed by atoms with Gasteiger partial charge in [-0.25, -0.2) is 9.37 Å². The highest BCUT2D eigenvalue weighted by molar-refractivity contribution is 7.07. The van der Waals surface area contributed by atoms with E-state index in [1.807, 2.05) is 18.4 Å². The molecule has 2 aromatic rings. The van der Waals surface area contributed by atoms with Crippen LogP contribution in [0.3, 0.4) is 0 Å². The third-order valence-corrected chi connectivity index (χ3v) is 2.79. The van der Waals surface area contributed by atoms with Gasteiger partial charge in [0.25, 0.3) is 0 Å². The fourth-order valence-corrected chi connectivity index (χ4v) is 1.92. The molecule has 0 aliphatic heterocycles. The molecule has 0 bridgehead atoms. The number of halogens is 1. The van der Waals surface area contributed by atoms with Crippen molar-refractivity contribution in [2.24, 2.45) is 0 Å². The van der Waals surface area contributed by atoms with E-state index in [1.54, 1.807) is 11.6 Å². The zero-order valence-corrected chi connectivity index (χ0v) is 9.14. The van der Waals surface area contributed by atoms with E-state index < -0.39 is 0 Å². The largest absolute Gasteiger partial charge is 0.377 e. The molecular formula is C11H11FN2S. The quantitative estimate of drug-likeness (QED) is 0.862. The second kappa shape index (κ2) is 4.40. The van der Waals surface area contributed by atoms with Crippen molar-refractivity contribution in [2.45, 2.75) is 13.5 Å². The van der Waals surface area contributed by atoms with Crippen molar-refractivity contribution in [3.05, 3.63) is 46.2 Å². The van der Waals surface area contributed by atoms with Gasteiger partial charge in [0.15, 0.2) is 0 Å². The van der Waals surface area contributed by atoms with Gasteiger partial charge >= 0.3 is 0 Å². The van der Waals surface area contributed by atoms with Crippen molar-refractivity contribution >= 4 is 17.0 Å². The highest BCUT2D eigenvalue weighted by Crippen LogP contribution is 2.19. The molecule has 0 aliphatic rings. The molecule has 1 N–H and O–H groups in total. The summed E-state index contributed by atoms with van der Waals surface area (Å²) < 4.78 is 13.4. The summed E-state index contributed by atoms with van der Waals surface area (Å²) in [7, 11) is 0. The molecular weight excluding hydrogens is 211 g/mol. The van der Waals surface area contributed by atoms with Crippen LogP contribution in [0.25, 0.3) is 0 Å². The maximum Gasteiger partial charge on any atom is 0.146 e. The molecule has 78 valence electrons. The van der Waals surface area contributed by atoms with Crippen molar-refractivity contribution in [2.75, 3.05) is 5.32 Å². The third-order valence-electron chi connectivity index (χ3n) is 2.15. The minimum atomic E-state index is -0.217. The van der Waals surface area contributed by atoms with Crippen LogP contribution in [0.15, 0.2) is 29.1 Å². The fraction of sp³-hybridized carbons (Fsp3) is 0.182. The summed E-state index contributed by atoms with van der Waals surface area (Å²) in [4.78, 5) is 4.12. The van der Waals surface area contributed by atoms with Gasteiger partial charge in [0.05, 0.1) is 23.4 Å². The molecule has 15 heavy (non-hydrogen) atoms. The SMILES string of the molecule is Cc1cccc(F)c1NCc1cscn1. The normalized spacial score (nSPS) is 10.3. The second-order valence-corrected chi connectivity index (χ2v) is 3.98. The van der Waals surface area contributed by atoms with Crippen LogP contribution >= 0.6 is 11.3 Å². The summed E-state index contributed by atoms with van der Waals surface area (Å²) in [5.41, 5.74) is 4.17. The Labute approximate surface area is 91.8 Å². The summed E-state index contributed by atoms with van der Waals surface area (Å²) in [6.07, 6.45) is 0. The molecule has 0 amide bonds. The molecule has 1 aromatic carbocycles. The molecule has 0 aliphatic carbocycles. The average Bonchev–Trinajstić information content (AvgIpc) is 2.70. The molecule has 0 spiro atoms. The van der Waals surface area contributed by atoms with Crippen LogP contribution in [0.4, 0.5) is 10.1 Å². The Morgan fingerprint density at radius 3 is 3.00 bits per heavy atom. The summed E-state index contributed by atoms with van der Waals surface area (Å²) >= 11 is 1.54. The van der Waals surface area contributed by atoms with E-state index in [2.05, 4.69) is 10.3 Å². The van der Waals surface area contributed by atoms with E-state index in [9.17, 15) is 4.39 Å². The highest BCUT2D eigenvalue weighted by atomic mass is 32.1. The Kier molecular flexibility index (Phi) is 2.97. The summed E-state index contributed by atoms with van der Waals surface area (Å²) in [5, 5.41) is 5.00. The van der Waals surface area contributed by atoms with Gasteiger partial charge in [-0.15, -0.1) is 11.3 Å². The molecule has 2 nitrogen and oxygen atoms in total. The van der Waals surface area contributed by atoms with Gasteiger partial charge in [-0.1, -0.05) is 12.1 Å². The van der Waals surface area contributed by atoms with Crippen LogP contribution in [-0.2, 0) is 6.54 Å². The lowest BCUT2D eigenvalue weighted by Crippen LogP contribution is -2.03. The Bertz CT molecular complexity index is 420. The summed E-state index contributed by atoms with van der Waals surface area (Å²) in [6, 6.07) is 5.04. The van der Waals surface area contributed by atoms with E-state index in [0.717, 1.165) is 11.3 Å². The molecule has 1 heterocycles. The number of aryl methyl sites for hydroxylation is 1. The van der Waals surface area contributed by atoms with Crippen LogP contribution < -0.4 is 5.32 Å². The maximum atomic E-state index is 13.4. The molecule has 0 unspecified atom stereocenters. The Hall–Kier alpha value is -1.42. The number of hydrogen-bond acceptors (Lipinski definition) is 3. The molecule has 0 radical (unpaired) electrons. The van der Waals surface area contributed by atoms with Crippen molar-refractivity contribution in [1.29, 1.82) is 0 Å². The monoisotopic (exact) mass is 222 g/mol. The first-order valence-electron chi connectivity index (χ1n) is 4.63. The van der Waals surface area contributed by atoms with Crippen LogP contribution in [0, 0.1) is 12.7 Å². The number of benzene rings is 1. The zero-order chi connectivity index (χ0) is 10.7. The number of nitrogens with one attached hydrogen (secondary N) is 1. The van der Waals surface area contributed by atoms with Gasteiger partial charge in [0.2, 0.25) is 0 Å². The zero-order valence-electron chi connectivity index (χ0n) is 8.33. The van der Waals surface area contributed by atoms with Crippen LogP contribution in [-0.4, -0.2) is 4.98 Å². The third kappa shape index (κ3) is 2.33. The van der Waals surface area contributed by atoms with Crippen molar-refractivity contribution in [1.82, 2.24) is 4.98 Å². The van der Waals surface area contributed by atoms with Gasteiger partial charge in [-0.2, -0.15) is 0 Å². The van der Waals surface area contributed by atoms with Gasteiger partial charge < -0.3 is 5.32 Å².